The summed E-state index contributed by atoms with van der Waals surface area (Å²) in [6.07, 6.45) is 10.8. The first-order valence-electron chi connectivity index (χ1n) is 5.21. The molecule has 1 nitrogen and oxygen atoms in total. The van der Waals surface area contributed by atoms with E-state index in [-0.39, 0.29) is 0 Å². The normalized spacial score (nSPS) is 27.8. The first-order chi connectivity index (χ1) is 5.85. The summed E-state index contributed by atoms with van der Waals surface area (Å²) in [7, 11) is 0. The van der Waals surface area contributed by atoms with E-state index in [1.54, 1.807) is 0 Å². The minimum absolute atomic E-state index is 0.763. The summed E-state index contributed by atoms with van der Waals surface area (Å²) in [4.78, 5) is 2.36. The monoisotopic (exact) mass is 165 g/mol. The molecule has 1 aliphatic heterocycles. The number of rotatable bonds is 1. The highest BCUT2D eigenvalue weighted by atomic mass is 15.1. The Morgan fingerprint density at radius 2 is 1.58 bits per heavy atom. The van der Waals surface area contributed by atoms with E-state index in [2.05, 4.69) is 11.5 Å². The van der Waals surface area contributed by atoms with E-state index in [9.17, 15) is 0 Å². The van der Waals surface area contributed by atoms with Crippen molar-refractivity contribution in [2.45, 2.75) is 38.5 Å². The summed E-state index contributed by atoms with van der Waals surface area (Å²) >= 11 is 0. The Balaban J connectivity index is 1.92. The van der Waals surface area contributed by atoms with Crippen LogP contribution in [0, 0.1) is 5.41 Å². The molecule has 0 N–H and O–H groups in total. The molecule has 1 aliphatic carbocycles. The highest BCUT2D eigenvalue weighted by Gasteiger charge is 2.35. The molecule has 0 amide bonds. The van der Waals surface area contributed by atoms with Gasteiger partial charge in [0, 0.05) is 13.1 Å². The summed E-state index contributed by atoms with van der Waals surface area (Å²) in [6, 6.07) is 0. The highest BCUT2D eigenvalue weighted by molar-refractivity contribution is 4.91. The summed E-state index contributed by atoms with van der Waals surface area (Å²) in [5, 5.41) is 0. The average molecular weight is 165 g/mol. The lowest BCUT2D eigenvalue weighted by Crippen LogP contribution is -2.35. The van der Waals surface area contributed by atoms with Gasteiger partial charge in [0.15, 0.2) is 0 Å². The zero-order chi connectivity index (χ0) is 8.44. The summed E-state index contributed by atoms with van der Waals surface area (Å²) < 4.78 is 0. The standard InChI is InChI=1S/C11H19N/c1-2-12-9-7-11(8-10-12)5-3-4-6-11/h2H,1,3-10H2. The van der Waals surface area contributed by atoms with E-state index in [0.717, 1.165) is 5.41 Å². The molecule has 1 spiro atoms. The molecule has 0 unspecified atom stereocenters. The van der Waals surface area contributed by atoms with Crippen LogP contribution in [0.5, 0.6) is 0 Å². The van der Waals surface area contributed by atoms with Gasteiger partial charge < -0.3 is 4.90 Å². The molecule has 0 bridgehead atoms. The molecule has 2 fully saturated rings. The Labute approximate surface area is 75.4 Å². The minimum Gasteiger partial charge on any atom is -0.378 e. The Hall–Kier alpha value is -0.460. The quantitative estimate of drug-likeness (QED) is 0.577. The first kappa shape index (κ1) is 8.15. The largest absolute Gasteiger partial charge is 0.378 e. The lowest BCUT2D eigenvalue weighted by molar-refractivity contribution is 0.142. The zero-order valence-electron chi connectivity index (χ0n) is 7.89. The van der Waals surface area contributed by atoms with E-state index in [1.807, 2.05) is 6.20 Å². The lowest BCUT2D eigenvalue weighted by Gasteiger charge is -2.38. The van der Waals surface area contributed by atoms with Crippen molar-refractivity contribution in [3.05, 3.63) is 12.8 Å². The van der Waals surface area contributed by atoms with Gasteiger partial charge in [-0.05, 0) is 37.3 Å². The molecule has 12 heavy (non-hydrogen) atoms. The van der Waals surface area contributed by atoms with Crippen molar-refractivity contribution in [1.82, 2.24) is 4.90 Å². The van der Waals surface area contributed by atoms with Crippen molar-refractivity contribution in [3.63, 3.8) is 0 Å². The van der Waals surface area contributed by atoms with Crippen LogP contribution in [0.2, 0.25) is 0 Å². The number of piperidine rings is 1. The Morgan fingerprint density at radius 3 is 2.08 bits per heavy atom. The molecule has 68 valence electrons. The van der Waals surface area contributed by atoms with Gasteiger partial charge in [0.1, 0.15) is 0 Å². The van der Waals surface area contributed by atoms with Crippen LogP contribution in [0.15, 0.2) is 12.8 Å². The average Bonchev–Trinajstić information content (AvgIpc) is 2.55. The smallest absolute Gasteiger partial charge is 0.0177 e. The number of hydrogen-bond acceptors (Lipinski definition) is 1. The van der Waals surface area contributed by atoms with E-state index in [1.165, 1.54) is 51.6 Å². The summed E-state index contributed by atoms with van der Waals surface area (Å²) in [5.41, 5.74) is 0.763. The van der Waals surface area contributed by atoms with Crippen LogP contribution in [0.1, 0.15) is 38.5 Å². The van der Waals surface area contributed by atoms with Crippen molar-refractivity contribution in [2.24, 2.45) is 5.41 Å². The minimum atomic E-state index is 0.763. The van der Waals surface area contributed by atoms with Crippen molar-refractivity contribution < 1.29 is 0 Å². The fraction of sp³-hybridized carbons (Fsp3) is 0.818. The first-order valence-corrected chi connectivity index (χ1v) is 5.21. The van der Waals surface area contributed by atoms with Gasteiger partial charge in [0.05, 0.1) is 0 Å². The maximum atomic E-state index is 3.83. The maximum Gasteiger partial charge on any atom is 0.0177 e. The summed E-state index contributed by atoms with van der Waals surface area (Å²) in [5.74, 6) is 0. The second kappa shape index (κ2) is 3.12. The van der Waals surface area contributed by atoms with Gasteiger partial charge in [-0.2, -0.15) is 0 Å². The summed E-state index contributed by atoms with van der Waals surface area (Å²) in [6.45, 7) is 6.33. The molecule has 0 aromatic rings. The molecule has 1 saturated carbocycles. The van der Waals surface area contributed by atoms with Gasteiger partial charge in [-0.3, -0.25) is 0 Å². The van der Waals surface area contributed by atoms with E-state index in [0.29, 0.717) is 0 Å². The molecule has 0 atom stereocenters. The van der Waals surface area contributed by atoms with Crippen molar-refractivity contribution in [1.29, 1.82) is 0 Å². The van der Waals surface area contributed by atoms with Gasteiger partial charge in [-0.1, -0.05) is 19.4 Å². The van der Waals surface area contributed by atoms with E-state index >= 15 is 0 Å². The maximum absolute atomic E-state index is 3.83. The van der Waals surface area contributed by atoms with Gasteiger partial charge in [-0.15, -0.1) is 0 Å². The van der Waals surface area contributed by atoms with Gasteiger partial charge in [0.25, 0.3) is 0 Å². The third-order valence-corrected chi connectivity index (χ3v) is 3.78. The van der Waals surface area contributed by atoms with Crippen LogP contribution < -0.4 is 0 Å². The third-order valence-electron chi connectivity index (χ3n) is 3.78. The number of likely N-dealkylation sites (tertiary alicyclic amines) is 1. The molecular formula is C11H19N. The van der Waals surface area contributed by atoms with Crippen LogP contribution in [-0.4, -0.2) is 18.0 Å². The predicted molar refractivity (Wildman–Crippen MR) is 51.9 cm³/mol. The fourth-order valence-electron chi connectivity index (χ4n) is 2.81. The van der Waals surface area contributed by atoms with Crippen LogP contribution in [0.3, 0.4) is 0 Å². The molecular weight excluding hydrogens is 146 g/mol. The molecule has 0 aromatic carbocycles. The molecule has 2 aliphatic rings. The van der Waals surface area contributed by atoms with Gasteiger partial charge in [-0.25, -0.2) is 0 Å². The predicted octanol–water partition coefficient (Wildman–Crippen LogP) is 2.79. The van der Waals surface area contributed by atoms with E-state index < -0.39 is 0 Å². The van der Waals surface area contributed by atoms with Crippen LogP contribution in [-0.2, 0) is 0 Å². The van der Waals surface area contributed by atoms with E-state index in [4.69, 9.17) is 0 Å². The van der Waals surface area contributed by atoms with Crippen LogP contribution in [0.4, 0.5) is 0 Å². The SMILES string of the molecule is C=CN1CCC2(CCCC2)CC1. The second-order valence-corrected chi connectivity index (χ2v) is 4.43. The number of hydrogen-bond donors (Lipinski definition) is 0. The van der Waals surface area contributed by atoms with Crippen molar-refractivity contribution in [3.8, 4) is 0 Å². The lowest BCUT2D eigenvalue weighted by atomic mass is 9.77. The molecule has 2 rings (SSSR count). The second-order valence-electron chi connectivity index (χ2n) is 4.43. The Morgan fingerprint density at radius 1 is 1.00 bits per heavy atom. The topological polar surface area (TPSA) is 3.24 Å². The van der Waals surface area contributed by atoms with Crippen LogP contribution >= 0.6 is 0 Å². The van der Waals surface area contributed by atoms with Gasteiger partial charge >= 0.3 is 0 Å². The molecule has 0 aromatic heterocycles. The van der Waals surface area contributed by atoms with Crippen LogP contribution in [0.25, 0.3) is 0 Å². The van der Waals surface area contributed by atoms with Crippen molar-refractivity contribution >= 4 is 0 Å². The Bertz CT molecular complexity index is 158. The molecule has 1 heteroatoms. The number of nitrogens with zero attached hydrogens (tertiary/aromatic N) is 1. The third kappa shape index (κ3) is 1.37. The Kier molecular flexibility index (Phi) is 2.12. The molecule has 0 radical (unpaired) electrons. The fourth-order valence-corrected chi connectivity index (χ4v) is 2.81. The zero-order valence-corrected chi connectivity index (χ0v) is 7.89. The molecule has 1 heterocycles. The van der Waals surface area contributed by atoms with Crippen molar-refractivity contribution in [2.75, 3.05) is 13.1 Å². The van der Waals surface area contributed by atoms with Gasteiger partial charge in [0.2, 0.25) is 0 Å². The highest BCUT2D eigenvalue weighted by Crippen LogP contribution is 2.45. The molecule has 1 saturated heterocycles.